The summed E-state index contributed by atoms with van der Waals surface area (Å²) in [5.41, 5.74) is 1.33. The summed E-state index contributed by atoms with van der Waals surface area (Å²) in [6.45, 7) is 7.97. The number of hydrogen-bond donors (Lipinski definition) is 2. The van der Waals surface area contributed by atoms with Gasteiger partial charge in [-0.1, -0.05) is 45.9 Å². The Labute approximate surface area is 183 Å². The van der Waals surface area contributed by atoms with Crippen molar-refractivity contribution in [2.24, 2.45) is 10.2 Å². The highest BCUT2D eigenvalue weighted by Gasteiger charge is 2.23. The number of fused-ring (bicyclic) bond motifs is 1. The molecule has 0 saturated carbocycles. The largest absolute Gasteiger partial charge is 0.437 e. The maximum atomic E-state index is 12.9. The molecule has 3 aromatic heterocycles. The lowest BCUT2D eigenvalue weighted by Crippen LogP contribution is -2.13. The standard InChI is InChI=1S/C22H22N8O2/c1-5-15-14(12-23)19(27-25-15)28-26-18-20(31)24-17-11-16(22(2,3)4)29-30(17)21(18)32-13-9-7-6-8-10-13/h6-11H,5H2,1-4H3,(H,24,31)(H,25,27). The van der Waals surface area contributed by atoms with Crippen molar-refractivity contribution >= 4 is 17.2 Å². The van der Waals surface area contributed by atoms with Gasteiger partial charge in [-0.3, -0.25) is 9.89 Å². The summed E-state index contributed by atoms with van der Waals surface area (Å²) in [4.78, 5) is 15.7. The molecule has 0 unspecified atom stereocenters. The molecule has 0 fully saturated rings. The SMILES string of the molecule is CCc1[nH]nc(N=Nc2c(Oc3ccccc3)n3nc(C(C)(C)C)cc3[nH]c2=O)c1C#N. The number of benzene rings is 1. The van der Waals surface area contributed by atoms with Crippen LogP contribution in [0.25, 0.3) is 5.65 Å². The first-order chi connectivity index (χ1) is 15.3. The molecule has 32 heavy (non-hydrogen) atoms. The number of nitriles is 1. The molecule has 4 aromatic rings. The first kappa shape index (κ1) is 21.0. The summed E-state index contributed by atoms with van der Waals surface area (Å²) in [5.74, 6) is 0.721. The zero-order valence-electron chi connectivity index (χ0n) is 18.2. The predicted molar refractivity (Wildman–Crippen MR) is 118 cm³/mol. The number of hydrogen-bond acceptors (Lipinski definition) is 7. The molecule has 1 aromatic carbocycles. The van der Waals surface area contributed by atoms with Gasteiger partial charge in [0.1, 0.15) is 23.0 Å². The van der Waals surface area contributed by atoms with Gasteiger partial charge in [-0.05, 0) is 18.6 Å². The molecule has 4 rings (SSSR count). The van der Waals surface area contributed by atoms with E-state index in [1.807, 2.05) is 45.9 Å². The Morgan fingerprint density at radius 1 is 1.22 bits per heavy atom. The van der Waals surface area contributed by atoms with Gasteiger partial charge in [0.25, 0.3) is 11.4 Å². The van der Waals surface area contributed by atoms with E-state index in [4.69, 9.17) is 4.74 Å². The highest BCUT2D eigenvalue weighted by molar-refractivity contribution is 5.56. The van der Waals surface area contributed by atoms with Gasteiger partial charge in [-0.25, -0.2) is 0 Å². The zero-order chi connectivity index (χ0) is 22.9. The Hall–Kier alpha value is -4.26. The topological polar surface area (TPSA) is 137 Å². The molecule has 10 heteroatoms. The molecule has 2 N–H and O–H groups in total. The molecule has 162 valence electrons. The highest BCUT2D eigenvalue weighted by atomic mass is 16.5. The molecule has 0 radical (unpaired) electrons. The van der Waals surface area contributed by atoms with Gasteiger partial charge in [0.2, 0.25) is 11.5 Å². The fourth-order valence-electron chi connectivity index (χ4n) is 3.05. The second kappa shape index (κ2) is 8.11. The summed E-state index contributed by atoms with van der Waals surface area (Å²) in [6, 6.07) is 12.9. The van der Waals surface area contributed by atoms with Crippen LogP contribution in [0.2, 0.25) is 0 Å². The van der Waals surface area contributed by atoms with Crippen LogP contribution in [0.5, 0.6) is 11.6 Å². The van der Waals surface area contributed by atoms with E-state index in [0.717, 1.165) is 5.69 Å². The van der Waals surface area contributed by atoms with E-state index in [-0.39, 0.29) is 28.4 Å². The second-order valence-corrected chi connectivity index (χ2v) is 8.17. The normalized spacial score (nSPS) is 11.8. The Morgan fingerprint density at radius 2 is 1.97 bits per heavy atom. The summed E-state index contributed by atoms with van der Waals surface area (Å²) < 4.78 is 7.53. The van der Waals surface area contributed by atoms with E-state index in [0.29, 0.717) is 23.5 Å². The molecule has 0 aliphatic carbocycles. The number of H-pyrrole nitrogens is 2. The number of aryl methyl sites for hydroxylation is 1. The lowest BCUT2D eigenvalue weighted by molar-refractivity contribution is 0.443. The number of azo groups is 1. The summed E-state index contributed by atoms with van der Waals surface area (Å²) >= 11 is 0. The number of ether oxygens (including phenoxy) is 1. The van der Waals surface area contributed by atoms with Crippen LogP contribution in [0.4, 0.5) is 11.5 Å². The van der Waals surface area contributed by atoms with E-state index in [9.17, 15) is 10.1 Å². The van der Waals surface area contributed by atoms with Crippen molar-refractivity contribution in [1.82, 2.24) is 24.8 Å². The summed E-state index contributed by atoms with van der Waals surface area (Å²) in [5, 5.41) is 29.0. The van der Waals surface area contributed by atoms with Crippen LogP contribution < -0.4 is 10.3 Å². The highest BCUT2D eigenvalue weighted by Crippen LogP contribution is 2.32. The maximum absolute atomic E-state index is 12.9. The van der Waals surface area contributed by atoms with Gasteiger partial charge >= 0.3 is 0 Å². The molecule has 0 saturated heterocycles. The third-order valence-corrected chi connectivity index (χ3v) is 4.82. The van der Waals surface area contributed by atoms with Crippen molar-refractivity contribution in [2.75, 3.05) is 0 Å². The van der Waals surface area contributed by atoms with Crippen LogP contribution in [-0.2, 0) is 11.8 Å². The van der Waals surface area contributed by atoms with Gasteiger partial charge in [-0.15, -0.1) is 10.2 Å². The van der Waals surface area contributed by atoms with Crippen molar-refractivity contribution in [1.29, 1.82) is 5.26 Å². The number of rotatable bonds is 5. The first-order valence-electron chi connectivity index (χ1n) is 10.1. The third-order valence-electron chi connectivity index (χ3n) is 4.82. The number of nitrogens with zero attached hydrogens (tertiary/aromatic N) is 6. The molecule has 3 heterocycles. The van der Waals surface area contributed by atoms with Gasteiger partial charge in [0.05, 0.1) is 11.4 Å². The smallest absolute Gasteiger partial charge is 0.283 e. The molecule has 0 atom stereocenters. The fraction of sp³-hybridized carbons (Fsp3) is 0.273. The second-order valence-electron chi connectivity index (χ2n) is 8.17. The van der Waals surface area contributed by atoms with Crippen molar-refractivity contribution in [3.05, 3.63) is 63.7 Å². The third kappa shape index (κ3) is 3.88. The van der Waals surface area contributed by atoms with Crippen LogP contribution in [0.15, 0.2) is 51.4 Å². The van der Waals surface area contributed by atoms with Crippen molar-refractivity contribution in [2.45, 2.75) is 39.5 Å². The average Bonchev–Trinajstić information content (AvgIpc) is 3.37. The Kier molecular flexibility index (Phi) is 5.32. The quantitative estimate of drug-likeness (QED) is 0.443. The minimum Gasteiger partial charge on any atom is -0.437 e. The van der Waals surface area contributed by atoms with Gasteiger partial charge in [0.15, 0.2) is 0 Å². The number of aromatic amines is 2. The summed E-state index contributed by atoms with van der Waals surface area (Å²) in [7, 11) is 0. The van der Waals surface area contributed by atoms with E-state index in [2.05, 4.69) is 36.6 Å². The van der Waals surface area contributed by atoms with Crippen LogP contribution in [0, 0.1) is 11.3 Å². The lowest BCUT2D eigenvalue weighted by atomic mass is 9.93. The van der Waals surface area contributed by atoms with Crippen LogP contribution in [-0.4, -0.2) is 24.8 Å². The predicted octanol–water partition coefficient (Wildman–Crippen LogP) is 4.68. The minimum absolute atomic E-state index is 0.0881. The fourth-order valence-corrected chi connectivity index (χ4v) is 3.05. The van der Waals surface area contributed by atoms with Crippen LogP contribution >= 0.6 is 0 Å². The molecule has 0 spiro atoms. The van der Waals surface area contributed by atoms with Crippen LogP contribution in [0.1, 0.15) is 44.6 Å². The Morgan fingerprint density at radius 3 is 2.62 bits per heavy atom. The molecule has 0 aliphatic rings. The molecule has 0 bridgehead atoms. The molecule has 0 aliphatic heterocycles. The van der Waals surface area contributed by atoms with Crippen molar-refractivity contribution in [3.63, 3.8) is 0 Å². The first-order valence-corrected chi connectivity index (χ1v) is 10.1. The summed E-state index contributed by atoms with van der Waals surface area (Å²) in [6.07, 6.45) is 0.586. The van der Waals surface area contributed by atoms with E-state index < -0.39 is 5.56 Å². The zero-order valence-corrected chi connectivity index (χ0v) is 18.2. The number of nitrogens with one attached hydrogen (secondary N) is 2. The van der Waals surface area contributed by atoms with Crippen molar-refractivity contribution < 1.29 is 4.74 Å². The van der Waals surface area contributed by atoms with Gasteiger partial charge < -0.3 is 9.72 Å². The van der Waals surface area contributed by atoms with E-state index in [1.165, 1.54) is 4.52 Å². The molecular weight excluding hydrogens is 408 g/mol. The monoisotopic (exact) mass is 430 g/mol. The number of para-hydroxylation sites is 1. The number of aromatic nitrogens is 5. The van der Waals surface area contributed by atoms with Gasteiger partial charge in [0, 0.05) is 11.5 Å². The van der Waals surface area contributed by atoms with E-state index in [1.54, 1.807) is 18.2 Å². The maximum Gasteiger partial charge on any atom is 0.283 e. The average molecular weight is 430 g/mol. The van der Waals surface area contributed by atoms with Crippen molar-refractivity contribution in [3.8, 4) is 17.7 Å². The molecule has 10 nitrogen and oxygen atoms in total. The molecule has 0 amide bonds. The Bertz CT molecular complexity index is 1400. The van der Waals surface area contributed by atoms with Gasteiger partial charge in [-0.2, -0.15) is 20.0 Å². The van der Waals surface area contributed by atoms with E-state index >= 15 is 0 Å². The molecular formula is C22H22N8O2. The van der Waals surface area contributed by atoms with Crippen LogP contribution in [0.3, 0.4) is 0 Å². The minimum atomic E-state index is -0.503. The Balaban J connectivity index is 1.90. The lowest BCUT2D eigenvalue weighted by Gasteiger charge is -2.13.